The van der Waals surface area contributed by atoms with Crippen LogP contribution in [-0.4, -0.2) is 51.2 Å². The van der Waals surface area contributed by atoms with E-state index in [-0.39, 0.29) is 24.0 Å². The molecule has 0 bridgehead atoms. The zero-order valence-electron chi connectivity index (χ0n) is 15.5. The molecule has 2 aromatic rings. The number of non-ortho nitro benzene ring substituents is 1. The SMILES string of the molecule is Cl.O=C(c1ccn(-c2ccc([N+](=O)[O-])cc2)n1)N1CCC(NCC2CC2)CC1. The van der Waals surface area contributed by atoms with E-state index in [9.17, 15) is 14.9 Å². The number of hydrogen-bond donors (Lipinski definition) is 1. The van der Waals surface area contributed by atoms with E-state index in [1.165, 1.54) is 25.0 Å². The summed E-state index contributed by atoms with van der Waals surface area (Å²) in [7, 11) is 0. The number of carbonyl (C=O) groups is 1. The summed E-state index contributed by atoms with van der Waals surface area (Å²) in [6.45, 7) is 2.59. The molecule has 2 fully saturated rings. The highest BCUT2D eigenvalue weighted by atomic mass is 35.5. The van der Waals surface area contributed by atoms with Gasteiger partial charge in [-0.05, 0) is 56.3 Å². The third-order valence-corrected chi connectivity index (χ3v) is 5.31. The van der Waals surface area contributed by atoms with E-state index in [0.717, 1.165) is 38.4 Å². The zero-order chi connectivity index (χ0) is 18.8. The summed E-state index contributed by atoms with van der Waals surface area (Å²) in [5.74, 6) is 0.810. The van der Waals surface area contributed by atoms with Crippen molar-refractivity contribution in [3.05, 3.63) is 52.3 Å². The minimum Gasteiger partial charge on any atom is -0.337 e. The van der Waals surface area contributed by atoms with Gasteiger partial charge in [0.15, 0.2) is 5.69 Å². The number of nitrogens with one attached hydrogen (secondary N) is 1. The van der Waals surface area contributed by atoms with Crippen LogP contribution in [0.4, 0.5) is 5.69 Å². The Balaban J connectivity index is 0.00000225. The number of amides is 1. The van der Waals surface area contributed by atoms with Gasteiger partial charge in [0.2, 0.25) is 0 Å². The van der Waals surface area contributed by atoms with Crippen molar-refractivity contribution in [1.82, 2.24) is 20.0 Å². The summed E-state index contributed by atoms with van der Waals surface area (Å²) in [6.07, 6.45) is 6.35. The van der Waals surface area contributed by atoms with Gasteiger partial charge in [0.25, 0.3) is 11.6 Å². The first-order valence-electron chi connectivity index (χ1n) is 9.43. The van der Waals surface area contributed by atoms with Crippen molar-refractivity contribution in [3.63, 3.8) is 0 Å². The predicted molar refractivity (Wildman–Crippen MR) is 107 cm³/mol. The van der Waals surface area contributed by atoms with Gasteiger partial charge in [-0.3, -0.25) is 14.9 Å². The molecule has 1 saturated carbocycles. The molecule has 1 aliphatic heterocycles. The molecule has 0 atom stereocenters. The van der Waals surface area contributed by atoms with Crippen molar-refractivity contribution in [2.45, 2.75) is 31.7 Å². The average molecular weight is 406 g/mol. The maximum atomic E-state index is 12.7. The quantitative estimate of drug-likeness (QED) is 0.589. The predicted octanol–water partition coefficient (Wildman–Crippen LogP) is 2.81. The van der Waals surface area contributed by atoms with Gasteiger partial charge in [0.05, 0.1) is 10.6 Å². The van der Waals surface area contributed by atoms with Gasteiger partial charge in [-0.15, -0.1) is 12.4 Å². The Hall–Kier alpha value is -2.45. The molecule has 1 aliphatic carbocycles. The number of hydrogen-bond acceptors (Lipinski definition) is 5. The van der Waals surface area contributed by atoms with E-state index in [1.54, 1.807) is 29.1 Å². The third-order valence-electron chi connectivity index (χ3n) is 5.31. The maximum absolute atomic E-state index is 12.7. The summed E-state index contributed by atoms with van der Waals surface area (Å²) < 4.78 is 1.57. The second-order valence-electron chi connectivity index (χ2n) is 7.34. The van der Waals surface area contributed by atoms with Gasteiger partial charge < -0.3 is 10.2 Å². The van der Waals surface area contributed by atoms with Crippen LogP contribution in [0.15, 0.2) is 36.5 Å². The molecule has 1 N–H and O–H groups in total. The number of benzene rings is 1. The van der Waals surface area contributed by atoms with E-state index in [1.807, 2.05) is 4.90 Å². The highest BCUT2D eigenvalue weighted by Gasteiger charge is 2.27. The number of aromatic nitrogens is 2. The Morgan fingerprint density at radius 1 is 1.14 bits per heavy atom. The molecule has 1 saturated heterocycles. The summed E-state index contributed by atoms with van der Waals surface area (Å²) in [5.41, 5.74) is 1.11. The summed E-state index contributed by atoms with van der Waals surface area (Å²) in [6, 6.07) is 8.30. The van der Waals surface area contributed by atoms with Crippen LogP contribution in [0.3, 0.4) is 0 Å². The topological polar surface area (TPSA) is 93.3 Å². The molecule has 150 valence electrons. The van der Waals surface area contributed by atoms with Crippen LogP contribution in [0, 0.1) is 16.0 Å². The Kier molecular flexibility index (Phi) is 6.31. The van der Waals surface area contributed by atoms with E-state index < -0.39 is 4.92 Å². The van der Waals surface area contributed by atoms with Crippen LogP contribution < -0.4 is 5.32 Å². The second kappa shape index (κ2) is 8.70. The number of halogens is 1. The van der Waals surface area contributed by atoms with E-state index >= 15 is 0 Å². The molecule has 1 aromatic carbocycles. The lowest BCUT2D eigenvalue weighted by Gasteiger charge is -2.32. The van der Waals surface area contributed by atoms with Crippen LogP contribution in [0.2, 0.25) is 0 Å². The first kappa shape index (κ1) is 20.3. The molecule has 4 rings (SSSR count). The minimum atomic E-state index is -0.440. The normalized spacial score (nSPS) is 17.2. The van der Waals surface area contributed by atoms with Crippen molar-refractivity contribution in [2.24, 2.45) is 5.92 Å². The Bertz CT molecular complexity index is 826. The molecule has 2 aliphatic rings. The van der Waals surface area contributed by atoms with Gasteiger partial charge in [-0.1, -0.05) is 0 Å². The van der Waals surface area contributed by atoms with Crippen molar-refractivity contribution in [2.75, 3.05) is 19.6 Å². The standard InChI is InChI=1S/C19H23N5O3.ClH/c25-19(22-10-7-15(8-11-22)20-13-14-1-2-14)18-9-12-23(21-18)16-3-5-17(6-4-16)24(26)27;/h3-6,9,12,14-15,20H,1-2,7-8,10-11,13H2;1H. The van der Waals surface area contributed by atoms with Crippen molar-refractivity contribution in [3.8, 4) is 5.69 Å². The lowest BCUT2D eigenvalue weighted by molar-refractivity contribution is -0.384. The molecular weight excluding hydrogens is 382 g/mol. The van der Waals surface area contributed by atoms with E-state index in [2.05, 4.69) is 10.4 Å². The number of likely N-dealkylation sites (tertiary alicyclic amines) is 1. The van der Waals surface area contributed by atoms with Crippen molar-refractivity contribution >= 4 is 24.0 Å². The molecule has 9 heteroatoms. The molecule has 1 amide bonds. The molecule has 28 heavy (non-hydrogen) atoms. The van der Waals surface area contributed by atoms with Crippen LogP contribution >= 0.6 is 12.4 Å². The van der Waals surface area contributed by atoms with Crippen molar-refractivity contribution < 1.29 is 9.72 Å². The number of piperidine rings is 1. The molecule has 2 heterocycles. The molecular formula is C19H24ClN5O3. The van der Waals surface area contributed by atoms with Crippen LogP contribution in [-0.2, 0) is 0 Å². The fourth-order valence-electron chi connectivity index (χ4n) is 3.41. The minimum absolute atomic E-state index is 0. The number of nitro benzene ring substituents is 1. The van der Waals surface area contributed by atoms with Crippen LogP contribution in [0.25, 0.3) is 5.69 Å². The van der Waals surface area contributed by atoms with Crippen molar-refractivity contribution in [1.29, 1.82) is 0 Å². The van der Waals surface area contributed by atoms with Crippen LogP contribution in [0.1, 0.15) is 36.2 Å². The van der Waals surface area contributed by atoms with E-state index in [0.29, 0.717) is 17.4 Å². The zero-order valence-corrected chi connectivity index (χ0v) is 16.3. The van der Waals surface area contributed by atoms with E-state index in [4.69, 9.17) is 0 Å². The second-order valence-corrected chi connectivity index (χ2v) is 7.34. The monoisotopic (exact) mass is 405 g/mol. The number of nitro groups is 1. The fourth-order valence-corrected chi connectivity index (χ4v) is 3.41. The molecule has 0 unspecified atom stereocenters. The Labute approximate surface area is 169 Å². The number of nitrogens with zero attached hydrogens (tertiary/aromatic N) is 4. The number of carbonyl (C=O) groups excluding carboxylic acids is 1. The third kappa shape index (κ3) is 4.69. The van der Waals surface area contributed by atoms with Gasteiger partial charge in [-0.25, -0.2) is 4.68 Å². The molecule has 8 nitrogen and oxygen atoms in total. The summed E-state index contributed by atoms with van der Waals surface area (Å²) >= 11 is 0. The lowest BCUT2D eigenvalue weighted by atomic mass is 10.0. The fraction of sp³-hybridized carbons (Fsp3) is 0.474. The van der Waals surface area contributed by atoms with Gasteiger partial charge in [-0.2, -0.15) is 5.10 Å². The smallest absolute Gasteiger partial charge is 0.274 e. The first-order chi connectivity index (χ1) is 13.1. The lowest BCUT2D eigenvalue weighted by Crippen LogP contribution is -2.45. The highest BCUT2D eigenvalue weighted by Crippen LogP contribution is 2.28. The average Bonchev–Trinajstić information content (AvgIpc) is 3.40. The highest BCUT2D eigenvalue weighted by molar-refractivity contribution is 5.92. The molecule has 1 aromatic heterocycles. The first-order valence-corrected chi connectivity index (χ1v) is 9.43. The summed E-state index contributed by atoms with van der Waals surface area (Å²) in [5, 5.41) is 18.7. The Morgan fingerprint density at radius 2 is 1.82 bits per heavy atom. The molecule has 0 radical (unpaired) electrons. The summed E-state index contributed by atoms with van der Waals surface area (Å²) in [4.78, 5) is 24.9. The van der Waals surface area contributed by atoms with Crippen LogP contribution in [0.5, 0.6) is 0 Å². The largest absolute Gasteiger partial charge is 0.337 e. The van der Waals surface area contributed by atoms with Gasteiger partial charge in [0.1, 0.15) is 0 Å². The van der Waals surface area contributed by atoms with Gasteiger partial charge >= 0.3 is 0 Å². The maximum Gasteiger partial charge on any atom is 0.274 e. The Morgan fingerprint density at radius 3 is 2.43 bits per heavy atom. The van der Waals surface area contributed by atoms with Gasteiger partial charge in [0, 0.05) is 37.5 Å². The number of rotatable bonds is 6. The molecule has 0 spiro atoms.